The predicted molar refractivity (Wildman–Crippen MR) is 102 cm³/mol. The number of hydrogen-bond donors (Lipinski definition) is 1. The van der Waals surface area contributed by atoms with Gasteiger partial charge in [-0.05, 0) is 35.6 Å². The second-order valence-corrected chi connectivity index (χ2v) is 9.35. The van der Waals surface area contributed by atoms with Crippen molar-refractivity contribution in [3.63, 3.8) is 0 Å². The number of pyridine rings is 1. The SMILES string of the molecule is CC(C)c1ccc(C(C(=O)NC2CCS(=O)(=O)C2)c2ccccn2)cc1. The Balaban J connectivity index is 1.87. The Bertz CT molecular complexity index is 862. The van der Waals surface area contributed by atoms with E-state index in [4.69, 9.17) is 0 Å². The van der Waals surface area contributed by atoms with E-state index in [9.17, 15) is 13.2 Å². The molecule has 1 aliphatic rings. The molecule has 1 saturated heterocycles. The van der Waals surface area contributed by atoms with Crippen molar-refractivity contribution in [3.8, 4) is 0 Å². The van der Waals surface area contributed by atoms with Crippen LogP contribution in [0.3, 0.4) is 0 Å². The van der Waals surface area contributed by atoms with Gasteiger partial charge in [-0.3, -0.25) is 9.78 Å². The number of carbonyl (C=O) groups excluding carboxylic acids is 1. The molecule has 2 atom stereocenters. The summed E-state index contributed by atoms with van der Waals surface area (Å²) in [5.41, 5.74) is 2.71. The minimum absolute atomic E-state index is 0.0139. The van der Waals surface area contributed by atoms with Gasteiger partial charge in [-0.25, -0.2) is 8.42 Å². The highest BCUT2D eigenvalue weighted by atomic mass is 32.2. The molecule has 2 unspecified atom stereocenters. The van der Waals surface area contributed by atoms with Gasteiger partial charge in [0, 0.05) is 12.2 Å². The van der Waals surface area contributed by atoms with E-state index < -0.39 is 15.8 Å². The lowest BCUT2D eigenvalue weighted by molar-refractivity contribution is -0.122. The maximum atomic E-state index is 13.0. The third kappa shape index (κ3) is 4.30. The van der Waals surface area contributed by atoms with Crippen molar-refractivity contribution < 1.29 is 13.2 Å². The molecule has 0 aliphatic carbocycles. The van der Waals surface area contributed by atoms with Crippen LogP contribution in [0.4, 0.5) is 0 Å². The van der Waals surface area contributed by atoms with E-state index in [0.717, 1.165) is 5.56 Å². The van der Waals surface area contributed by atoms with Gasteiger partial charge in [-0.1, -0.05) is 44.2 Å². The van der Waals surface area contributed by atoms with E-state index in [2.05, 4.69) is 24.1 Å². The largest absolute Gasteiger partial charge is 0.351 e. The molecule has 1 aromatic carbocycles. The summed E-state index contributed by atoms with van der Waals surface area (Å²) in [7, 11) is -3.04. The number of amides is 1. The van der Waals surface area contributed by atoms with Gasteiger partial charge in [0.05, 0.1) is 17.2 Å². The summed E-state index contributed by atoms with van der Waals surface area (Å²) in [5.74, 6) is -0.200. The molecule has 3 rings (SSSR count). The lowest BCUT2D eigenvalue weighted by atomic mass is 9.91. The zero-order valence-corrected chi connectivity index (χ0v) is 15.9. The number of benzene rings is 1. The zero-order chi connectivity index (χ0) is 18.7. The molecule has 2 heterocycles. The van der Waals surface area contributed by atoms with E-state index in [1.807, 2.05) is 42.5 Å². The van der Waals surface area contributed by atoms with E-state index in [1.165, 1.54) is 5.56 Å². The Labute approximate surface area is 154 Å². The second kappa shape index (κ2) is 7.58. The van der Waals surface area contributed by atoms with Crippen molar-refractivity contribution in [1.82, 2.24) is 10.3 Å². The molecule has 1 amide bonds. The molecule has 2 aromatic rings. The fraction of sp³-hybridized carbons (Fsp3) is 0.400. The topological polar surface area (TPSA) is 76.1 Å². The van der Waals surface area contributed by atoms with Gasteiger partial charge in [0.25, 0.3) is 0 Å². The molecule has 1 aliphatic heterocycles. The van der Waals surface area contributed by atoms with Crippen LogP contribution in [0.15, 0.2) is 48.7 Å². The molecule has 0 spiro atoms. The summed E-state index contributed by atoms with van der Waals surface area (Å²) in [5, 5.41) is 2.91. The van der Waals surface area contributed by atoms with Gasteiger partial charge < -0.3 is 5.32 Å². The van der Waals surface area contributed by atoms with Crippen molar-refractivity contribution in [2.24, 2.45) is 0 Å². The van der Waals surface area contributed by atoms with Crippen molar-refractivity contribution in [1.29, 1.82) is 0 Å². The van der Waals surface area contributed by atoms with E-state index >= 15 is 0 Å². The lowest BCUT2D eigenvalue weighted by Crippen LogP contribution is -2.39. The van der Waals surface area contributed by atoms with Crippen LogP contribution in [0.2, 0.25) is 0 Å². The number of hydrogen-bond acceptors (Lipinski definition) is 4. The summed E-state index contributed by atoms with van der Waals surface area (Å²) in [4.78, 5) is 17.3. The highest BCUT2D eigenvalue weighted by Crippen LogP contribution is 2.26. The summed E-state index contributed by atoms with van der Waals surface area (Å²) in [6, 6.07) is 13.1. The molecule has 5 nitrogen and oxygen atoms in total. The first-order chi connectivity index (χ1) is 12.4. The van der Waals surface area contributed by atoms with Gasteiger partial charge in [0.2, 0.25) is 5.91 Å². The minimum atomic E-state index is -3.04. The molecule has 1 fully saturated rings. The van der Waals surface area contributed by atoms with Crippen LogP contribution in [0.1, 0.15) is 48.9 Å². The van der Waals surface area contributed by atoms with Gasteiger partial charge in [-0.15, -0.1) is 0 Å². The molecule has 0 bridgehead atoms. The summed E-state index contributed by atoms with van der Waals surface area (Å²) < 4.78 is 23.3. The van der Waals surface area contributed by atoms with Gasteiger partial charge in [-0.2, -0.15) is 0 Å². The monoisotopic (exact) mass is 372 g/mol. The van der Waals surface area contributed by atoms with Crippen LogP contribution in [-0.2, 0) is 14.6 Å². The number of sulfone groups is 1. The Kier molecular flexibility index (Phi) is 5.41. The number of rotatable bonds is 5. The average Bonchev–Trinajstić information content (AvgIpc) is 2.95. The highest BCUT2D eigenvalue weighted by Gasteiger charge is 2.32. The lowest BCUT2D eigenvalue weighted by Gasteiger charge is -2.20. The second-order valence-electron chi connectivity index (χ2n) is 7.12. The van der Waals surface area contributed by atoms with Gasteiger partial charge in [0.1, 0.15) is 5.92 Å². The Morgan fingerprint density at radius 2 is 1.81 bits per heavy atom. The normalized spacial score (nSPS) is 20.0. The first kappa shape index (κ1) is 18.6. The molecule has 1 N–H and O–H groups in total. The molecule has 138 valence electrons. The first-order valence-electron chi connectivity index (χ1n) is 8.87. The van der Waals surface area contributed by atoms with Gasteiger partial charge >= 0.3 is 0 Å². The smallest absolute Gasteiger partial charge is 0.233 e. The van der Waals surface area contributed by atoms with Crippen LogP contribution in [0, 0.1) is 0 Å². The van der Waals surface area contributed by atoms with Crippen molar-refractivity contribution in [2.75, 3.05) is 11.5 Å². The average molecular weight is 372 g/mol. The van der Waals surface area contributed by atoms with E-state index in [1.54, 1.807) is 6.20 Å². The van der Waals surface area contributed by atoms with E-state index in [0.29, 0.717) is 18.0 Å². The molecular formula is C20H24N2O3S. The summed E-state index contributed by atoms with van der Waals surface area (Å²) in [6.07, 6.45) is 2.13. The Hall–Kier alpha value is -2.21. The summed E-state index contributed by atoms with van der Waals surface area (Å²) >= 11 is 0. The van der Waals surface area contributed by atoms with Crippen molar-refractivity contribution in [3.05, 3.63) is 65.5 Å². The molecule has 0 radical (unpaired) electrons. The third-order valence-corrected chi connectivity index (χ3v) is 6.53. The highest BCUT2D eigenvalue weighted by molar-refractivity contribution is 7.91. The van der Waals surface area contributed by atoms with Crippen molar-refractivity contribution in [2.45, 2.75) is 38.1 Å². The molecule has 26 heavy (non-hydrogen) atoms. The summed E-state index contributed by atoms with van der Waals surface area (Å²) in [6.45, 7) is 4.25. The fourth-order valence-corrected chi connectivity index (χ4v) is 4.94. The first-order valence-corrected chi connectivity index (χ1v) is 10.7. The number of aromatic nitrogens is 1. The number of nitrogens with one attached hydrogen (secondary N) is 1. The van der Waals surface area contributed by atoms with Crippen LogP contribution in [-0.4, -0.2) is 36.9 Å². The van der Waals surface area contributed by atoms with Crippen LogP contribution in [0.25, 0.3) is 0 Å². The maximum absolute atomic E-state index is 13.0. The standard InChI is InChI=1S/C20H24N2O3S/c1-14(2)15-6-8-16(9-7-15)19(18-5-3-4-11-21-18)20(23)22-17-10-12-26(24,25)13-17/h3-9,11,14,17,19H,10,12-13H2,1-2H3,(H,22,23). The zero-order valence-electron chi connectivity index (χ0n) is 15.1. The van der Waals surface area contributed by atoms with Crippen LogP contribution >= 0.6 is 0 Å². The molecule has 6 heteroatoms. The molecule has 1 aromatic heterocycles. The fourth-order valence-electron chi connectivity index (χ4n) is 3.27. The molecular weight excluding hydrogens is 348 g/mol. The minimum Gasteiger partial charge on any atom is -0.351 e. The van der Waals surface area contributed by atoms with Crippen molar-refractivity contribution >= 4 is 15.7 Å². The molecule has 0 saturated carbocycles. The third-order valence-electron chi connectivity index (χ3n) is 4.76. The number of carbonyl (C=O) groups is 1. The quantitative estimate of drug-likeness (QED) is 0.875. The Morgan fingerprint density at radius 3 is 2.35 bits per heavy atom. The Morgan fingerprint density at radius 1 is 1.12 bits per heavy atom. The predicted octanol–water partition coefficient (Wildman–Crippen LogP) is 2.64. The van der Waals surface area contributed by atoms with Crippen LogP contribution < -0.4 is 5.32 Å². The van der Waals surface area contributed by atoms with Crippen LogP contribution in [0.5, 0.6) is 0 Å². The number of nitrogens with zero attached hydrogens (tertiary/aromatic N) is 1. The van der Waals surface area contributed by atoms with Gasteiger partial charge in [0.15, 0.2) is 9.84 Å². The maximum Gasteiger partial charge on any atom is 0.233 e. The van der Waals surface area contributed by atoms with E-state index in [-0.39, 0.29) is 23.5 Å².